The van der Waals surface area contributed by atoms with Crippen molar-refractivity contribution in [3.8, 4) is 0 Å². The van der Waals surface area contributed by atoms with E-state index in [9.17, 15) is 9.59 Å². The van der Waals surface area contributed by atoms with Crippen LogP contribution in [0.1, 0.15) is 57.5 Å². The van der Waals surface area contributed by atoms with Gasteiger partial charge in [0.25, 0.3) is 0 Å². The van der Waals surface area contributed by atoms with Crippen molar-refractivity contribution in [3.63, 3.8) is 0 Å². The van der Waals surface area contributed by atoms with Gasteiger partial charge in [-0.25, -0.2) is 9.59 Å². The Kier molecular flexibility index (Phi) is 10.9. The number of benzene rings is 2. The van der Waals surface area contributed by atoms with Crippen LogP contribution in [0.15, 0.2) is 73.3 Å². The zero-order valence-electron chi connectivity index (χ0n) is 27.7. The Morgan fingerprint density at radius 2 is 1.37 bits per heavy atom. The highest BCUT2D eigenvalue weighted by atomic mass is 28.4. The summed E-state index contributed by atoms with van der Waals surface area (Å²) in [6.07, 6.45) is -0.331. The van der Waals surface area contributed by atoms with Crippen molar-refractivity contribution in [1.82, 2.24) is 4.90 Å². The van der Waals surface area contributed by atoms with Crippen molar-refractivity contribution in [2.75, 3.05) is 6.61 Å². The Balaban J connectivity index is 2.07. The Hall–Kier alpha value is -2.73. The third kappa shape index (κ3) is 8.26. The van der Waals surface area contributed by atoms with Gasteiger partial charge in [-0.05, 0) is 54.0 Å². The fourth-order valence-electron chi connectivity index (χ4n) is 4.50. The van der Waals surface area contributed by atoms with E-state index >= 15 is 0 Å². The van der Waals surface area contributed by atoms with Crippen LogP contribution in [0.5, 0.6) is 0 Å². The summed E-state index contributed by atoms with van der Waals surface area (Å²) >= 11 is 0. The number of ether oxygens (including phenoxy) is 2. The van der Waals surface area contributed by atoms with Crippen LogP contribution in [0.4, 0.5) is 4.79 Å². The molecule has 2 aromatic rings. The van der Waals surface area contributed by atoms with Crippen LogP contribution in [-0.4, -0.2) is 64.5 Å². The summed E-state index contributed by atoms with van der Waals surface area (Å²) in [6.45, 7) is 26.1. The molecule has 236 valence electrons. The van der Waals surface area contributed by atoms with Gasteiger partial charge in [0.2, 0.25) is 0 Å². The first-order valence-corrected chi connectivity index (χ1v) is 20.9. The fourth-order valence-corrected chi connectivity index (χ4v) is 6.85. The fraction of sp³-hybridized carbons (Fsp3) is 0.529. The Morgan fingerprint density at radius 1 is 0.837 bits per heavy atom. The van der Waals surface area contributed by atoms with Crippen LogP contribution in [0.2, 0.25) is 36.3 Å². The van der Waals surface area contributed by atoms with Crippen LogP contribution < -0.4 is 0 Å². The smallest absolute Gasteiger partial charge is 0.411 e. The minimum atomic E-state index is -2.42. The van der Waals surface area contributed by atoms with Gasteiger partial charge in [-0.2, -0.15) is 0 Å². The summed E-state index contributed by atoms with van der Waals surface area (Å²) < 4.78 is 25.9. The maximum absolute atomic E-state index is 14.0. The molecular formula is C34H51NO6Si2. The third-order valence-corrected chi connectivity index (χ3v) is 18.3. The molecule has 7 nitrogen and oxygen atoms in total. The maximum atomic E-state index is 14.0. The van der Waals surface area contributed by atoms with Crippen molar-refractivity contribution in [2.24, 2.45) is 0 Å². The molecule has 0 unspecified atom stereocenters. The van der Waals surface area contributed by atoms with E-state index in [2.05, 4.69) is 74.3 Å². The number of carbonyl (C=O) groups excluding carboxylic acids is 2. The molecule has 1 fully saturated rings. The summed E-state index contributed by atoms with van der Waals surface area (Å²) in [5, 5.41) is -0.173. The molecule has 0 aromatic heterocycles. The molecule has 0 bridgehead atoms. The van der Waals surface area contributed by atoms with Gasteiger partial charge in [-0.15, -0.1) is 6.58 Å². The van der Waals surface area contributed by atoms with Crippen LogP contribution in [0, 0.1) is 0 Å². The molecular weight excluding hydrogens is 575 g/mol. The van der Waals surface area contributed by atoms with Crippen LogP contribution >= 0.6 is 0 Å². The molecule has 4 atom stereocenters. The topological polar surface area (TPSA) is 74.3 Å². The Labute approximate surface area is 260 Å². The van der Waals surface area contributed by atoms with E-state index in [1.54, 1.807) is 35.2 Å². The van der Waals surface area contributed by atoms with Gasteiger partial charge in [-0.3, -0.25) is 4.90 Å². The van der Waals surface area contributed by atoms with Crippen LogP contribution in [0.25, 0.3) is 0 Å². The molecule has 0 saturated carbocycles. The van der Waals surface area contributed by atoms with E-state index in [1.807, 2.05) is 36.4 Å². The molecule has 0 spiro atoms. The summed E-state index contributed by atoms with van der Waals surface area (Å²) in [5.41, 5.74) is 1.30. The molecule has 1 aliphatic rings. The molecule has 0 aliphatic carbocycles. The van der Waals surface area contributed by atoms with Gasteiger partial charge in [0.15, 0.2) is 22.7 Å². The van der Waals surface area contributed by atoms with E-state index in [0.29, 0.717) is 5.56 Å². The lowest BCUT2D eigenvalue weighted by Crippen LogP contribution is -2.53. The first kappa shape index (κ1) is 34.8. The van der Waals surface area contributed by atoms with E-state index in [-0.39, 0.29) is 23.3 Å². The van der Waals surface area contributed by atoms with Crippen LogP contribution in [-0.2, 0) is 24.9 Å². The molecule has 1 amide bonds. The molecule has 2 aromatic carbocycles. The van der Waals surface area contributed by atoms with Crippen molar-refractivity contribution >= 4 is 28.7 Å². The second kappa shape index (κ2) is 13.5. The zero-order valence-corrected chi connectivity index (χ0v) is 29.7. The monoisotopic (exact) mass is 625 g/mol. The predicted octanol–water partition coefficient (Wildman–Crippen LogP) is 8.20. The number of hydrogen-bond acceptors (Lipinski definition) is 6. The lowest BCUT2D eigenvalue weighted by Gasteiger charge is -2.42. The van der Waals surface area contributed by atoms with Crippen molar-refractivity contribution in [2.45, 2.75) is 109 Å². The normalized spacial score (nSPS) is 21.4. The van der Waals surface area contributed by atoms with E-state index in [4.69, 9.17) is 18.3 Å². The SMILES string of the molecule is C=C[C@H]1[C@@H](OC(=O)c2ccccc2)[C@H](O[Si](C)(C)C(C)(C)C)[C@@H](CO[Si](C)(C)C(C)(C)C)N1C(=O)OCc1ccccc1. The average molecular weight is 626 g/mol. The second-order valence-corrected chi connectivity index (χ2v) is 24.0. The van der Waals surface area contributed by atoms with Gasteiger partial charge in [0, 0.05) is 0 Å². The van der Waals surface area contributed by atoms with Gasteiger partial charge in [0.05, 0.1) is 24.3 Å². The summed E-state index contributed by atoms with van der Waals surface area (Å²) in [7, 11) is -4.65. The number of hydrogen-bond donors (Lipinski definition) is 0. The average Bonchev–Trinajstić information content (AvgIpc) is 3.21. The van der Waals surface area contributed by atoms with Gasteiger partial charge >= 0.3 is 12.1 Å². The van der Waals surface area contributed by atoms with Crippen molar-refractivity contribution in [1.29, 1.82) is 0 Å². The third-order valence-electron chi connectivity index (χ3n) is 9.29. The highest BCUT2D eigenvalue weighted by Crippen LogP contribution is 2.43. The minimum absolute atomic E-state index is 0.0446. The predicted molar refractivity (Wildman–Crippen MR) is 177 cm³/mol. The lowest BCUT2D eigenvalue weighted by molar-refractivity contribution is -0.00861. The molecule has 9 heteroatoms. The van der Waals surface area contributed by atoms with Crippen molar-refractivity contribution in [3.05, 3.63) is 84.4 Å². The summed E-state index contributed by atoms with van der Waals surface area (Å²) in [6, 6.07) is 17.2. The molecule has 0 N–H and O–H groups in total. The standard InChI is InChI=1S/C34H51NO6Si2/c1-12-27-29(40-31(36)26-21-17-14-18-22-26)30(41-43(10,11)34(5,6)7)28(24-39-42(8,9)33(2,3)4)35(27)32(37)38-23-25-19-15-13-16-20-25/h12-22,27-30H,1,23-24H2,2-11H3/t27-,28+,29+,30+/m0/s1. The minimum Gasteiger partial charge on any atom is -0.453 e. The number of esters is 1. The number of carbonyl (C=O) groups is 2. The van der Waals surface area contributed by atoms with Crippen LogP contribution in [0.3, 0.4) is 0 Å². The van der Waals surface area contributed by atoms with Gasteiger partial charge in [0.1, 0.15) is 12.7 Å². The first-order valence-electron chi connectivity index (χ1n) is 15.1. The molecule has 0 radical (unpaired) electrons. The highest BCUT2D eigenvalue weighted by Gasteiger charge is 2.56. The molecule has 1 heterocycles. The summed E-state index contributed by atoms with van der Waals surface area (Å²) in [5.74, 6) is -0.482. The van der Waals surface area contributed by atoms with E-state index in [1.165, 1.54) is 0 Å². The molecule has 1 saturated heterocycles. The Bertz CT molecular complexity index is 1240. The van der Waals surface area contributed by atoms with E-state index in [0.717, 1.165) is 5.56 Å². The number of amides is 1. The van der Waals surface area contributed by atoms with Gasteiger partial charge in [-0.1, -0.05) is 96.1 Å². The Morgan fingerprint density at radius 3 is 1.88 bits per heavy atom. The van der Waals surface area contributed by atoms with E-state index < -0.39 is 53.0 Å². The largest absolute Gasteiger partial charge is 0.453 e. The van der Waals surface area contributed by atoms with Crippen molar-refractivity contribution < 1.29 is 27.9 Å². The first-order chi connectivity index (χ1) is 19.9. The molecule has 1 aliphatic heterocycles. The zero-order chi connectivity index (χ0) is 32.2. The number of nitrogens with zero attached hydrogens (tertiary/aromatic N) is 1. The number of likely N-dealkylation sites (tertiary alicyclic amines) is 1. The number of rotatable bonds is 10. The lowest BCUT2D eigenvalue weighted by atomic mass is 10.1. The second-order valence-electron chi connectivity index (χ2n) is 14.4. The maximum Gasteiger partial charge on any atom is 0.411 e. The highest BCUT2D eigenvalue weighted by molar-refractivity contribution is 6.74. The summed E-state index contributed by atoms with van der Waals surface area (Å²) in [4.78, 5) is 29.0. The molecule has 3 rings (SSSR count). The molecule has 43 heavy (non-hydrogen) atoms. The van der Waals surface area contributed by atoms with Gasteiger partial charge < -0.3 is 18.3 Å². The quantitative estimate of drug-likeness (QED) is 0.151.